The number of urea groups is 1. The van der Waals surface area contributed by atoms with Crippen LogP contribution in [0.2, 0.25) is 0 Å². The van der Waals surface area contributed by atoms with Crippen LogP contribution in [-0.4, -0.2) is 19.9 Å². The maximum atomic E-state index is 13.4. The Balaban J connectivity index is 1.90. The van der Waals surface area contributed by atoms with Crippen molar-refractivity contribution >= 4 is 11.7 Å². The molecule has 0 radical (unpaired) electrons. The van der Waals surface area contributed by atoms with E-state index in [-0.39, 0.29) is 6.73 Å². The summed E-state index contributed by atoms with van der Waals surface area (Å²) in [5.41, 5.74) is -0.487. The predicted molar refractivity (Wildman–Crippen MR) is 77.0 cm³/mol. The maximum Gasteiger partial charge on any atom is 0.321 e. The number of anilines is 1. The second kappa shape index (κ2) is 7.39. The van der Waals surface area contributed by atoms with Crippen LogP contribution in [0.5, 0.6) is 11.5 Å². The number of amides is 2. The first kappa shape index (κ1) is 16.5. The van der Waals surface area contributed by atoms with E-state index in [0.717, 1.165) is 6.07 Å². The van der Waals surface area contributed by atoms with Gasteiger partial charge in [0.15, 0.2) is 35.7 Å². The minimum absolute atomic E-state index is 0.239. The first-order chi connectivity index (χ1) is 11.0. The SMILES string of the molecule is COc1ccccc1OCNC(=O)Nc1ccc(F)c(F)c1F. The van der Waals surface area contributed by atoms with Crippen molar-refractivity contribution in [2.75, 3.05) is 19.2 Å². The fraction of sp³-hybridized carbons (Fsp3) is 0.133. The Hall–Kier alpha value is -2.90. The maximum absolute atomic E-state index is 13.4. The molecule has 122 valence electrons. The number of halogens is 3. The number of hydrogen-bond acceptors (Lipinski definition) is 3. The van der Waals surface area contributed by atoms with Crippen molar-refractivity contribution < 1.29 is 27.4 Å². The highest BCUT2D eigenvalue weighted by atomic mass is 19.2. The molecule has 0 unspecified atom stereocenters. The lowest BCUT2D eigenvalue weighted by molar-refractivity contribution is 0.231. The molecule has 0 saturated heterocycles. The van der Waals surface area contributed by atoms with E-state index < -0.39 is 29.2 Å². The van der Waals surface area contributed by atoms with Crippen molar-refractivity contribution in [3.63, 3.8) is 0 Å². The second-order valence-corrected chi connectivity index (χ2v) is 4.29. The first-order valence-electron chi connectivity index (χ1n) is 6.47. The molecule has 2 N–H and O–H groups in total. The molecular weight excluding hydrogens is 313 g/mol. The monoisotopic (exact) mass is 326 g/mol. The van der Waals surface area contributed by atoms with Crippen LogP contribution < -0.4 is 20.1 Å². The van der Waals surface area contributed by atoms with Crippen LogP contribution in [0.1, 0.15) is 0 Å². The van der Waals surface area contributed by atoms with Gasteiger partial charge < -0.3 is 20.1 Å². The first-order valence-corrected chi connectivity index (χ1v) is 6.47. The Morgan fingerprint density at radius 2 is 1.74 bits per heavy atom. The van der Waals surface area contributed by atoms with Gasteiger partial charge in [0.25, 0.3) is 0 Å². The zero-order valence-electron chi connectivity index (χ0n) is 12.0. The fourth-order valence-corrected chi connectivity index (χ4v) is 1.71. The molecule has 0 aliphatic carbocycles. The summed E-state index contributed by atoms with van der Waals surface area (Å²) in [7, 11) is 1.47. The number of ether oxygens (including phenoxy) is 2. The van der Waals surface area contributed by atoms with Crippen LogP contribution in [0.4, 0.5) is 23.7 Å². The third-order valence-electron chi connectivity index (χ3n) is 2.81. The zero-order chi connectivity index (χ0) is 16.8. The summed E-state index contributed by atoms with van der Waals surface area (Å²) in [6.07, 6.45) is 0. The molecule has 2 amide bonds. The minimum atomic E-state index is -1.66. The summed E-state index contributed by atoms with van der Waals surface area (Å²) in [6.45, 7) is -0.239. The van der Waals surface area contributed by atoms with Gasteiger partial charge in [0.05, 0.1) is 12.8 Å². The molecule has 0 bridgehead atoms. The van der Waals surface area contributed by atoms with Gasteiger partial charge in [-0.1, -0.05) is 12.1 Å². The van der Waals surface area contributed by atoms with Crippen molar-refractivity contribution in [2.24, 2.45) is 0 Å². The summed E-state index contributed by atoms with van der Waals surface area (Å²) < 4.78 is 49.6. The number of para-hydroxylation sites is 2. The Labute approximate surface area is 130 Å². The van der Waals surface area contributed by atoms with Gasteiger partial charge >= 0.3 is 6.03 Å². The highest BCUT2D eigenvalue weighted by Gasteiger charge is 2.15. The van der Waals surface area contributed by atoms with E-state index in [4.69, 9.17) is 9.47 Å². The quantitative estimate of drug-likeness (QED) is 0.655. The number of hydrogen-bond donors (Lipinski definition) is 2. The molecule has 0 saturated carbocycles. The molecule has 0 aliphatic heterocycles. The average molecular weight is 326 g/mol. The van der Waals surface area contributed by atoms with Gasteiger partial charge in [0.1, 0.15) is 0 Å². The van der Waals surface area contributed by atoms with E-state index in [9.17, 15) is 18.0 Å². The van der Waals surface area contributed by atoms with Crippen LogP contribution in [0.25, 0.3) is 0 Å². The molecule has 5 nitrogen and oxygen atoms in total. The van der Waals surface area contributed by atoms with Gasteiger partial charge in [0.2, 0.25) is 0 Å². The molecule has 0 spiro atoms. The van der Waals surface area contributed by atoms with Crippen LogP contribution in [-0.2, 0) is 0 Å². The highest BCUT2D eigenvalue weighted by molar-refractivity contribution is 5.89. The number of methoxy groups -OCH3 is 1. The number of nitrogens with one attached hydrogen (secondary N) is 2. The molecule has 8 heteroatoms. The van der Waals surface area contributed by atoms with Crippen molar-refractivity contribution in [1.82, 2.24) is 5.32 Å². The number of rotatable bonds is 5. The molecule has 0 heterocycles. The Morgan fingerprint density at radius 3 is 2.43 bits per heavy atom. The summed E-state index contributed by atoms with van der Waals surface area (Å²) in [5.74, 6) is -3.61. The summed E-state index contributed by atoms with van der Waals surface area (Å²) in [5, 5.41) is 4.33. The normalized spacial score (nSPS) is 10.1. The molecule has 0 aliphatic rings. The van der Waals surface area contributed by atoms with Crippen LogP contribution >= 0.6 is 0 Å². The fourth-order valence-electron chi connectivity index (χ4n) is 1.71. The third kappa shape index (κ3) is 4.06. The smallest absolute Gasteiger partial charge is 0.321 e. The van der Waals surface area contributed by atoms with Gasteiger partial charge in [0, 0.05) is 0 Å². The van der Waals surface area contributed by atoms with E-state index in [1.165, 1.54) is 7.11 Å². The Morgan fingerprint density at radius 1 is 1.04 bits per heavy atom. The molecule has 0 fully saturated rings. The second-order valence-electron chi connectivity index (χ2n) is 4.29. The van der Waals surface area contributed by atoms with Gasteiger partial charge in [-0.15, -0.1) is 0 Å². The number of carbonyl (C=O) groups is 1. The molecule has 2 aromatic carbocycles. The van der Waals surface area contributed by atoms with E-state index >= 15 is 0 Å². The van der Waals surface area contributed by atoms with Crippen molar-refractivity contribution in [2.45, 2.75) is 0 Å². The summed E-state index contributed by atoms with van der Waals surface area (Å²) in [4.78, 5) is 11.6. The summed E-state index contributed by atoms with van der Waals surface area (Å²) >= 11 is 0. The van der Waals surface area contributed by atoms with Crippen LogP contribution in [0.3, 0.4) is 0 Å². The van der Waals surface area contributed by atoms with E-state index in [1.807, 2.05) is 0 Å². The zero-order valence-corrected chi connectivity index (χ0v) is 12.0. The highest BCUT2D eigenvalue weighted by Crippen LogP contribution is 2.25. The lowest BCUT2D eigenvalue weighted by Gasteiger charge is -2.12. The molecule has 0 aromatic heterocycles. The lowest BCUT2D eigenvalue weighted by atomic mass is 10.3. The van der Waals surface area contributed by atoms with Gasteiger partial charge in [-0.25, -0.2) is 18.0 Å². The third-order valence-corrected chi connectivity index (χ3v) is 2.81. The van der Waals surface area contributed by atoms with Crippen molar-refractivity contribution in [1.29, 1.82) is 0 Å². The lowest BCUT2D eigenvalue weighted by Crippen LogP contribution is -2.32. The minimum Gasteiger partial charge on any atom is -0.493 e. The van der Waals surface area contributed by atoms with E-state index in [2.05, 4.69) is 10.6 Å². The van der Waals surface area contributed by atoms with Crippen molar-refractivity contribution in [3.8, 4) is 11.5 Å². The molecule has 2 rings (SSSR count). The average Bonchev–Trinajstić information content (AvgIpc) is 2.56. The molecule has 23 heavy (non-hydrogen) atoms. The van der Waals surface area contributed by atoms with E-state index in [1.54, 1.807) is 24.3 Å². The molecular formula is C15H13F3N2O3. The summed E-state index contributed by atoms with van der Waals surface area (Å²) in [6, 6.07) is 7.55. The van der Waals surface area contributed by atoms with Crippen LogP contribution in [0.15, 0.2) is 36.4 Å². The standard InChI is InChI=1S/C15H13F3N2O3/c1-22-11-4-2-3-5-12(11)23-8-19-15(21)20-10-7-6-9(16)13(17)14(10)18/h2-7H,8H2,1H3,(H2,19,20,21). The predicted octanol–water partition coefficient (Wildman–Crippen LogP) is 3.27. The largest absolute Gasteiger partial charge is 0.493 e. The van der Waals surface area contributed by atoms with Crippen LogP contribution in [0, 0.1) is 17.5 Å². The Bertz CT molecular complexity index is 710. The molecule has 0 atom stereocenters. The number of carbonyl (C=O) groups excluding carboxylic acids is 1. The Kier molecular flexibility index (Phi) is 5.29. The van der Waals surface area contributed by atoms with E-state index in [0.29, 0.717) is 17.6 Å². The van der Waals surface area contributed by atoms with Gasteiger partial charge in [-0.3, -0.25) is 0 Å². The number of benzene rings is 2. The van der Waals surface area contributed by atoms with Gasteiger partial charge in [-0.2, -0.15) is 0 Å². The topological polar surface area (TPSA) is 59.6 Å². The van der Waals surface area contributed by atoms with Gasteiger partial charge in [-0.05, 0) is 24.3 Å². The van der Waals surface area contributed by atoms with Crippen molar-refractivity contribution in [3.05, 3.63) is 53.8 Å². The molecule has 2 aromatic rings.